The Kier molecular flexibility index (Phi) is 5.24. The fraction of sp³-hybridized carbons (Fsp3) is 0.167. The van der Waals surface area contributed by atoms with E-state index in [2.05, 4.69) is 35.2 Å². The molecule has 2 aliphatic heterocycles. The highest BCUT2D eigenvalue weighted by molar-refractivity contribution is 5.95. The van der Waals surface area contributed by atoms with E-state index < -0.39 is 5.60 Å². The summed E-state index contributed by atoms with van der Waals surface area (Å²) in [7, 11) is 0. The molecule has 2 aliphatic rings. The van der Waals surface area contributed by atoms with Crippen molar-refractivity contribution in [3.8, 4) is 11.8 Å². The van der Waals surface area contributed by atoms with Crippen molar-refractivity contribution >= 4 is 22.5 Å². The summed E-state index contributed by atoms with van der Waals surface area (Å²) < 4.78 is 26.2. The van der Waals surface area contributed by atoms with Gasteiger partial charge in [-0.2, -0.15) is 5.26 Å². The molecule has 2 heterocycles. The first kappa shape index (κ1) is 21.4. The van der Waals surface area contributed by atoms with Crippen LogP contribution in [0.5, 0.6) is 5.75 Å². The molecule has 4 aromatic rings. The fourth-order valence-electron chi connectivity index (χ4n) is 5.01. The van der Waals surface area contributed by atoms with Crippen LogP contribution < -0.4 is 9.64 Å². The molecule has 0 amide bonds. The van der Waals surface area contributed by atoms with Gasteiger partial charge in [0.15, 0.2) is 5.60 Å². The summed E-state index contributed by atoms with van der Waals surface area (Å²) in [6.45, 7) is 3.15. The van der Waals surface area contributed by atoms with Crippen molar-refractivity contribution in [2.75, 3.05) is 31.2 Å². The van der Waals surface area contributed by atoms with Gasteiger partial charge in [0.25, 0.3) is 0 Å². The molecule has 0 aliphatic carbocycles. The first-order chi connectivity index (χ1) is 17.2. The lowest BCUT2D eigenvalue weighted by Crippen LogP contribution is -2.37. The fourth-order valence-corrected chi connectivity index (χ4v) is 5.01. The zero-order valence-electron chi connectivity index (χ0n) is 19.1. The van der Waals surface area contributed by atoms with Crippen LogP contribution in [0, 0.1) is 17.1 Å². The molecule has 0 bridgehead atoms. The lowest BCUT2D eigenvalue weighted by Gasteiger charge is -2.37. The Balaban J connectivity index is 1.52. The molecule has 4 nitrogen and oxygen atoms in total. The van der Waals surface area contributed by atoms with Gasteiger partial charge in [-0.25, -0.2) is 4.39 Å². The smallest absolute Gasteiger partial charge is 0.178 e. The molecule has 1 unspecified atom stereocenters. The number of ether oxygens (including phenoxy) is 2. The molecule has 5 heteroatoms. The quantitative estimate of drug-likeness (QED) is 0.373. The molecular formula is C30H23FN2O2. The minimum atomic E-state index is -0.971. The van der Waals surface area contributed by atoms with Crippen LogP contribution in [-0.2, 0) is 10.3 Å². The number of benzene rings is 4. The number of hydrogen-bond acceptors (Lipinski definition) is 4. The van der Waals surface area contributed by atoms with Gasteiger partial charge in [-0.3, -0.25) is 0 Å². The maximum absolute atomic E-state index is 13.9. The van der Waals surface area contributed by atoms with Crippen molar-refractivity contribution in [3.63, 3.8) is 0 Å². The highest BCUT2D eigenvalue weighted by Gasteiger charge is 2.38. The monoisotopic (exact) mass is 462 g/mol. The van der Waals surface area contributed by atoms with E-state index in [1.165, 1.54) is 12.1 Å². The van der Waals surface area contributed by atoms with E-state index in [0.29, 0.717) is 11.3 Å². The van der Waals surface area contributed by atoms with Gasteiger partial charge in [0, 0.05) is 40.9 Å². The van der Waals surface area contributed by atoms with Gasteiger partial charge in [-0.1, -0.05) is 48.5 Å². The van der Waals surface area contributed by atoms with Crippen LogP contribution in [0.25, 0.3) is 16.8 Å². The van der Waals surface area contributed by atoms with Gasteiger partial charge in [0.2, 0.25) is 0 Å². The van der Waals surface area contributed by atoms with Crippen molar-refractivity contribution in [1.82, 2.24) is 0 Å². The maximum Gasteiger partial charge on any atom is 0.178 e. The molecule has 1 saturated heterocycles. The molecule has 0 saturated carbocycles. The summed E-state index contributed by atoms with van der Waals surface area (Å²) in [4.78, 5) is 2.30. The molecule has 35 heavy (non-hydrogen) atoms. The second-order valence-electron chi connectivity index (χ2n) is 8.82. The molecule has 1 atom stereocenters. The third-order valence-electron chi connectivity index (χ3n) is 6.85. The highest BCUT2D eigenvalue weighted by Crippen LogP contribution is 2.46. The number of fused-ring (bicyclic) bond motifs is 3. The van der Waals surface area contributed by atoms with Crippen molar-refractivity contribution < 1.29 is 13.9 Å². The lowest BCUT2D eigenvalue weighted by atomic mass is 9.82. The third-order valence-corrected chi connectivity index (χ3v) is 6.85. The number of hydrogen-bond donors (Lipinski definition) is 0. The molecule has 172 valence electrons. The van der Waals surface area contributed by atoms with Crippen molar-refractivity contribution in [3.05, 3.63) is 113 Å². The Morgan fingerprint density at radius 3 is 2.29 bits per heavy atom. The van der Waals surface area contributed by atoms with E-state index in [1.807, 2.05) is 42.5 Å². The van der Waals surface area contributed by atoms with Gasteiger partial charge in [-0.05, 0) is 47.9 Å². The summed E-state index contributed by atoms with van der Waals surface area (Å²) >= 11 is 0. The third kappa shape index (κ3) is 3.63. The molecule has 4 aromatic carbocycles. The topological polar surface area (TPSA) is 45.5 Å². The van der Waals surface area contributed by atoms with Crippen LogP contribution in [0.4, 0.5) is 10.1 Å². The van der Waals surface area contributed by atoms with Gasteiger partial charge in [0.05, 0.1) is 24.8 Å². The predicted molar refractivity (Wildman–Crippen MR) is 135 cm³/mol. The minimum absolute atomic E-state index is 0.302. The van der Waals surface area contributed by atoms with Crippen molar-refractivity contribution in [1.29, 1.82) is 5.26 Å². The average molecular weight is 463 g/mol. The Hall–Kier alpha value is -4.14. The van der Waals surface area contributed by atoms with E-state index in [0.717, 1.165) is 59.5 Å². The maximum atomic E-state index is 13.9. The largest absolute Gasteiger partial charge is 0.472 e. The van der Waals surface area contributed by atoms with Crippen molar-refractivity contribution in [2.45, 2.75) is 5.60 Å². The summed E-state index contributed by atoms with van der Waals surface area (Å²) in [5.41, 5.74) is 3.21. The van der Waals surface area contributed by atoms with Gasteiger partial charge >= 0.3 is 0 Å². The van der Waals surface area contributed by atoms with Gasteiger partial charge < -0.3 is 14.4 Å². The standard InChI is InChI=1S/C30H23FN2O2/c31-25-9-5-23(6-10-25)30(24-7-11-26(12-8-24)33-15-17-34-18-16-33)14-13-28-22(20-32)19-21-3-1-2-4-27(21)29(28)35-30/h1-14,19H,15-18H2. The first-order valence-corrected chi connectivity index (χ1v) is 11.7. The van der Waals surface area contributed by atoms with Crippen LogP contribution in [0.2, 0.25) is 0 Å². The molecule has 1 fully saturated rings. The van der Waals surface area contributed by atoms with E-state index in [4.69, 9.17) is 9.47 Å². The Morgan fingerprint density at radius 2 is 1.57 bits per heavy atom. The normalized spacial score (nSPS) is 19.1. The second-order valence-corrected chi connectivity index (χ2v) is 8.82. The van der Waals surface area contributed by atoms with E-state index >= 15 is 0 Å². The SMILES string of the molecule is N#Cc1cc2ccccc2c2c1C=CC(c1ccc(F)cc1)(c1ccc(N3CCOCC3)cc1)O2. The number of morpholine rings is 1. The summed E-state index contributed by atoms with van der Waals surface area (Å²) in [5, 5.41) is 11.7. The molecule has 6 rings (SSSR count). The summed E-state index contributed by atoms with van der Waals surface area (Å²) in [5.74, 6) is 0.354. The Morgan fingerprint density at radius 1 is 0.886 bits per heavy atom. The van der Waals surface area contributed by atoms with Crippen LogP contribution in [0.1, 0.15) is 22.3 Å². The zero-order chi connectivity index (χ0) is 23.8. The molecule has 0 aromatic heterocycles. The zero-order valence-corrected chi connectivity index (χ0v) is 19.1. The summed E-state index contributed by atoms with van der Waals surface area (Å²) in [6.07, 6.45) is 3.94. The molecule has 0 radical (unpaired) electrons. The number of anilines is 1. The highest BCUT2D eigenvalue weighted by atomic mass is 19.1. The van der Waals surface area contributed by atoms with Crippen LogP contribution in [0.15, 0.2) is 84.9 Å². The first-order valence-electron chi connectivity index (χ1n) is 11.7. The van der Waals surface area contributed by atoms with Crippen LogP contribution >= 0.6 is 0 Å². The van der Waals surface area contributed by atoms with Crippen LogP contribution in [-0.4, -0.2) is 26.3 Å². The minimum Gasteiger partial charge on any atom is -0.472 e. The summed E-state index contributed by atoms with van der Waals surface area (Å²) in [6, 6.07) is 26.9. The number of nitriles is 1. The lowest BCUT2D eigenvalue weighted by molar-refractivity contribution is 0.122. The molecule has 0 spiro atoms. The molecule has 0 N–H and O–H groups in total. The number of halogens is 1. The average Bonchev–Trinajstić information content (AvgIpc) is 2.93. The van der Waals surface area contributed by atoms with E-state index in [1.54, 1.807) is 12.1 Å². The van der Waals surface area contributed by atoms with Crippen molar-refractivity contribution in [2.24, 2.45) is 0 Å². The van der Waals surface area contributed by atoms with Crippen LogP contribution in [0.3, 0.4) is 0 Å². The van der Waals surface area contributed by atoms with E-state index in [-0.39, 0.29) is 5.82 Å². The second kappa shape index (κ2) is 8.57. The Bertz CT molecular complexity index is 1470. The predicted octanol–water partition coefficient (Wildman–Crippen LogP) is 6.04. The van der Waals surface area contributed by atoms with E-state index in [9.17, 15) is 9.65 Å². The number of rotatable bonds is 3. The van der Waals surface area contributed by atoms with Gasteiger partial charge in [-0.15, -0.1) is 0 Å². The van der Waals surface area contributed by atoms with Gasteiger partial charge in [0.1, 0.15) is 11.6 Å². The molecular weight excluding hydrogens is 439 g/mol. The number of nitrogens with zero attached hydrogens (tertiary/aromatic N) is 2. The Labute approximate surface area is 203 Å².